The number of fused-ring (bicyclic) bond motifs is 1. The van der Waals surface area contributed by atoms with E-state index >= 15 is 0 Å². The number of nitrogens with one attached hydrogen (secondary N) is 1. The first kappa shape index (κ1) is 14.2. The summed E-state index contributed by atoms with van der Waals surface area (Å²) >= 11 is 5.19. The van der Waals surface area contributed by atoms with Crippen molar-refractivity contribution >= 4 is 27.3 Å². The molecule has 3 rings (SSSR count). The van der Waals surface area contributed by atoms with Crippen molar-refractivity contribution in [2.24, 2.45) is 5.92 Å². The minimum atomic E-state index is 0.719. The van der Waals surface area contributed by atoms with E-state index < -0.39 is 0 Å². The summed E-state index contributed by atoms with van der Waals surface area (Å²) in [4.78, 5) is 10.7. The van der Waals surface area contributed by atoms with Crippen LogP contribution in [0.1, 0.15) is 23.4 Å². The molecule has 0 amide bonds. The highest BCUT2D eigenvalue weighted by Crippen LogP contribution is 2.32. The maximum absolute atomic E-state index is 4.81. The van der Waals surface area contributed by atoms with Crippen LogP contribution in [0.4, 0.5) is 0 Å². The van der Waals surface area contributed by atoms with Gasteiger partial charge in [-0.2, -0.15) is 0 Å². The average molecular weight is 352 g/mol. The van der Waals surface area contributed by atoms with Crippen LogP contribution in [0.2, 0.25) is 0 Å². The average Bonchev–Trinajstić information content (AvgIpc) is 2.86. The van der Waals surface area contributed by atoms with Crippen LogP contribution in [-0.2, 0) is 12.8 Å². The number of aromatic nitrogens is 2. The van der Waals surface area contributed by atoms with Crippen LogP contribution in [0.3, 0.4) is 0 Å². The zero-order valence-electron chi connectivity index (χ0n) is 11.7. The van der Waals surface area contributed by atoms with E-state index in [1.165, 1.54) is 17.7 Å². The molecule has 2 aromatic rings. The number of halogens is 1. The molecule has 5 heteroatoms. The van der Waals surface area contributed by atoms with Gasteiger partial charge >= 0.3 is 0 Å². The van der Waals surface area contributed by atoms with Gasteiger partial charge in [0.15, 0.2) is 5.82 Å². The van der Waals surface area contributed by atoms with Crippen molar-refractivity contribution < 1.29 is 0 Å². The Bertz CT molecular complexity index is 624. The number of rotatable bonds is 3. The molecular weight excluding hydrogens is 334 g/mol. The van der Waals surface area contributed by atoms with E-state index in [1.54, 1.807) is 11.3 Å². The van der Waals surface area contributed by atoms with E-state index in [9.17, 15) is 0 Å². The van der Waals surface area contributed by atoms with Crippen LogP contribution in [0.15, 0.2) is 15.9 Å². The molecule has 1 N–H and O–H groups in total. The van der Waals surface area contributed by atoms with Gasteiger partial charge in [-0.3, -0.25) is 0 Å². The molecule has 2 aromatic heterocycles. The lowest BCUT2D eigenvalue weighted by molar-refractivity contribution is 0.433. The van der Waals surface area contributed by atoms with Crippen LogP contribution < -0.4 is 5.32 Å². The lowest BCUT2D eigenvalue weighted by atomic mass is 9.86. The summed E-state index contributed by atoms with van der Waals surface area (Å²) in [5.74, 6) is 1.60. The minimum absolute atomic E-state index is 0.719. The molecule has 0 saturated carbocycles. The van der Waals surface area contributed by atoms with E-state index in [4.69, 9.17) is 9.97 Å². The van der Waals surface area contributed by atoms with Crippen LogP contribution in [0.25, 0.3) is 10.7 Å². The second-order valence-electron chi connectivity index (χ2n) is 5.33. The molecule has 3 nitrogen and oxygen atoms in total. The summed E-state index contributed by atoms with van der Waals surface area (Å²) in [6.07, 6.45) is 3.40. The molecule has 0 aromatic carbocycles. The predicted octanol–water partition coefficient (Wildman–Crippen LogP) is 3.60. The standard InChI is InChI=1S/C15H18BrN3S/c1-9-11-7-10(8-17-2)3-4-12(11)19-15(18-9)13-5-6-14(16)20-13/h5-6,10,17H,3-4,7-8H2,1-2H3. The van der Waals surface area contributed by atoms with Crippen molar-refractivity contribution in [3.63, 3.8) is 0 Å². The number of hydrogen-bond acceptors (Lipinski definition) is 4. The third kappa shape index (κ3) is 2.80. The van der Waals surface area contributed by atoms with Gasteiger partial charge in [0.2, 0.25) is 0 Å². The summed E-state index contributed by atoms with van der Waals surface area (Å²) in [6, 6.07) is 4.14. The molecule has 20 heavy (non-hydrogen) atoms. The van der Waals surface area contributed by atoms with Gasteiger partial charge in [0.1, 0.15) is 0 Å². The second-order valence-corrected chi connectivity index (χ2v) is 7.79. The number of aryl methyl sites for hydroxylation is 2. The molecule has 0 fully saturated rings. The fourth-order valence-electron chi connectivity index (χ4n) is 2.87. The van der Waals surface area contributed by atoms with Gasteiger partial charge in [-0.25, -0.2) is 9.97 Å². The SMILES string of the molecule is CNCC1CCc2nc(-c3ccc(Br)s3)nc(C)c2C1. The van der Waals surface area contributed by atoms with Crippen molar-refractivity contribution in [1.29, 1.82) is 0 Å². The Kier molecular flexibility index (Phi) is 4.19. The van der Waals surface area contributed by atoms with Crippen molar-refractivity contribution in [3.05, 3.63) is 32.9 Å². The third-order valence-corrected chi connectivity index (χ3v) is 5.49. The zero-order valence-corrected chi connectivity index (χ0v) is 14.1. The van der Waals surface area contributed by atoms with E-state index in [-0.39, 0.29) is 0 Å². The van der Waals surface area contributed by atoms with E-state index in [0.717, 1.165) is 45.5 Å². The van der Waals surface area contributed by atoms with Crippen molar-refractivity contribution in [3.8, 4) is 10.7 Å². The van der Waals surface area contributed by atoms with Crippen molar-refractivity contribution in [2.45, 2.75) is 26.2 Å². The Labute approximate surface area is 132 Å². The number of thiophene rings is 1. The van der Waals surface area contributed by atoms with Gasteiger partial charge in [-0.05, 0) is 79.3 Å². The molecule has 2 heterocycles. The van der Waals surface area contributed by atoms with Gasteiger partial charge in [0.05, 0.1) is 8.66 Å². The highest BCUT2D eigenvalue weighted by molar-refractivity contribution is 9.11. The van der Waals surface area contributed by atoms with Gasteiger partial charge < -0.3 is 5.32 Å². The summed E-state index contributed by atoms with van der Waals surface area (Å²) < 4.78 is 1.13. The smallest absolute Gasteiger partial charge is 0.169 e. The first-order valence-electron chi connectivity index (χ1n) is 6.94. The van der Waals surface area contributed by atoms with Crippen molar-refractivity contribution in [2.75, 3.05) is 13.6 Å². The normalized spacial score (nSPS) is 18.1. The largest absolute Gasteiger partial charge is 0.319 e. The molecule has 106 valence electrons. The van der Waals surface area contributed by atoms with E-state index in [2.05, 4.69) is 40.3 Å². The predicted molar refractivity (Wildman–Crippen MR) is 87.2 cm³/mol. The Balaban J connectivity index is 1.94. The highest BCUT2D eigenvalue weighted by atomic mass is 79.9. The Hall–Kier alpha value is -0.780. The number of hydrogen-bond donors (Lipinski definition) is 1. The molecule has 0 radical (unpaired) electrons. The lowest BCUT2D eigenvalue weighted by Crippen LogP contribution is -2.26. The summed E-state index contributed by atoms with van der Waals surface area (Å²) in [5, 5.41) is 3.28. The number of nitrogens with zero attached hydrogens (tertiary/aromatic N) is 2. The van der Waals surface area contributed by atoms with E-state index in [0.29, 0.717) is 0 Å². The molecular formula is C15H18BrN3S. The Morgan fingerprint density at radius 1 is 1.40 bits per heavy atom. The summed E-state index contributed by atoms with van der Waals surface area (Å²) in [5.41, 5.74) is 3.77. The fourth-order valence-corrected chi connectivity index (χ4v) is 4.19. The topological polar surface area (TPSA) is 37.8 Å². The lowest BCUT2D eigenvalue weighted by Gasteiger charge is -2.25. The maximum Gasteiger partial charge on any atom is 0.169 e. The minimum Gasteiger partial charge on any atom is -0.319 e. The fraction of sp³-hybridized carbons (Fsp3) is 0.467. The quantitative estimate of drug-likeness (QED) is 0.917. The first-order valence-corrected chi connectivity index (χ1v) is 8.55. The molecule has 1 aliphatic rings. The monoisotopic (exact) mass is 351 g/mol. The van der Waals surface area contributed by atoms with Crippen LogP contribution in [0, 0.1) is 12.8 Å². The van der Waals surface area contributed by atoms with Crippen LogP contribution in [0.5, 0.6) is 0 Å². The highest BCUT2D eigenvalue weighted by Gasteiger charge is 2.22. The van der Waals surface area contributed by atoms with Gasteiger partial charge in [-0.1, -0.05) is 0 Å². The third-order valence-electron chi connectivity index (χ3n) is 3.87. The Morgan fingerprint density at radius 2 is 2.25 bits per heavy atom. The van der Waals surface area contributed by atoms with Gasteiger partial charge in [0.25, 0.3) is 0 Å². The van der Waals surface area contributed by atoms with Crippen molar-refractivity contribution in [1.82, 2.24) is 15.3 Å². The molecule has 1 unspecified atom stereocenters. The maximum atomic E-state index is 4.81. The second kappa shape index (κ2) is 5.92. The molecule has 1 atom stereocenters. The zero-order chi connectivity index (χ0) is 14.1. The van der Waals surface area contributed by atoms with Gasteiger partial charge in [-0.15, -0.1) is 11.3 Å². The molecule has 0 spiro atoms. The first-order chi connectivity index (χ1) is 9.67. The summed E-state index contributed by atoms with van der Waals surface area (Å²) in [6.45, 7) is 3.20. The van der Waals surface area contributed by atoms with Crippen LogP contribution in [-0.4, -0.2) is 23.6 Å². The molecule has 1 aliphatic carbocycles. The van der Waals surface area contributed by atoms with Gasteiger partial charge in [0, 0.05) is 11.4 Å². The van der Waals surface area contributed by atoms with E-state index in [1.807, 2.05) is 7.05 Å². The molecule has 0 saturated heterocycles. The van der Waals surface area contributed by atoms with Crippen LogP contribution >= 0.6 is 27.3 Å². The molecule has 0 aliphatic heterocycles. The Morgan fingerprint density at radius 3 is 2.95 bits per heavy atom. The summed E-state index contributed by atoms with van der Waals surface area (Å²) in [7, 11) is 2.02. The molecule has 0 bridgehead atoms.